The smallest absolute Gasteiger partial charge is 0.266 e. The number of carbonyl (C=O) groups excluding carboxylic acids is 1. The number of para-hydroxylation sites is 2. The van der Waals surface area contributed by atoms with Crippen LogP contribution in [-0.2, 0) is 4.79 Å². The maximum Gasteiger partial charge on any atom is 0.266 e. The van der Waals surface area contributed by atoms with Gasteiger partial charge < -0.3 is 10.1 Å². The van der Waals surface area contributed by atoms with E-state index < -0.39 is 5.25 Å². The lowest BCUT2D eigenvalue weighted by Crippen LogP contribution is -2.24. The zero-order valence-corrected chi connectivity index (χ0v) is 22.4. The SMILES string of the molecule is COc1ccc(NC(=O)[C@H](Sc2nc3ccccc3c(=O)n2-c2ccccc2Cl)c2ccccc2)cc1Cl. The second-order valence-electron chi connectivity index (χ2n) is 8.25. The second-order valence-corrected chi connectivity index (χ2v) is 10.1. The number of methoxy groups -OCH3 is 1. The van der Waals surface area contributed by atoms with Gasteiger partial charge in [0, 0.05) is 5.69 Å². The van der Waals surface area contributed by atoms with Crippen molar-refractivity contribution < 1.29 is 9.53 Å². The molecule has 190 valence electrons. The third kappa shape index (κ3) is 5.27. The van der Waals surface area contributed by atoms with Crippen LogP contribution in [0.2, 0.25) is 10.0 Å². The molecule has 1 atom stereocenters. The monoisotopic (exact) mass is 561 g/mol. The quantitative estimate of drug-likeness (QED) is 0.168. The number of hydrogen-bond donors (Lipinski definition) is 1. The molecule has 1 amide bonds. The fourth-order valence-electron chi connectivity index (χ4n) is 4.00. The summed E-state index contributed by atoms with van der Waals surface area (Å²) in [5.41, 5.74) is 1.98. The van der Waals surface area contributed by atoms with Gasteiger partial charge in [-0.05, 0) is 48.0 Å². The average Bonchev–Trinajstić information content (AvgIpc) is 2.93. The normalized spacial score (nSPS) is 11.8. The van der Waals surface area contributed by atoms with Gasteiger partial charge in [-0.2, -0.15) is 0 Å². The molecular formula is C29H21Cl2N3O3S. The van der Waals surface area contributed by atoms with Gasteiger partial charge in [0.15, 0.2) is 5.16 Å². The van der Waals surface area contributed by atoms with E-state index in [9.17, 15) is 9.59 Å². The molecule has 0 aliphatic carbocycles. The average molecular weight is 562 g/mol. The highest BCUT2D eigenvalue weighted by Crippen LogP contribution is 2.37. The number of nitrogens with one attached hydrogen (secondary N) is 1. The Morgan fingerprint density at radius 2 is 1.63 bits per heavy atom. The highest BCUT2D eigenvalue weighted by Gasteiger charge is 2.26. The van der Waals surface area contributed by atoms with E-state index in [0.717, 1.165) is 17.3 Å². The molecule has 6 nitrogen and oxygen atoms in total. The molecule has 5 rings (SSSR count). The van der Waals surface area contributed by atoms with Gasteiger partial charge in [0.05, 0.1) is 33.7 Å². The zero-order valence-electron chi connectivity index (χ0n) is 20.1. The van der Waals surface area contributed by atoms with Gasteiger partial charge in [-0.15, -0.1) is 0 Å². The molecular weight excluding hydrogens is 541 g/mol. The summed E-state index contributed by atoms with van der Waals surface area (Å²) in [5.74, 6) is 0.193. The van der Waals surface area contributed by atoms with Crippen molar-refractivity contribution in [1.82, 2.24) is 9.55 Å². The molecule has 0 bridgehead atoms. The number of aromatic nitrogens is 2. The molecule has 1 heterocycles. The Morgan fingerprint density at radius 1 is 0.921 bits per heavy atom. The molecule has 0 radical (unpaired) electrons. The van der Waals surface area contributed by atoms with E-state index >= 15 is 0 Å². The molecule has 5 aromatic rings. The Balaban J connectivity index is 1.62. The molecule has 0 fully saturated rings. The lowest BCUT2D eigenvalue weighted by Gasteiger charge is -2.20. The van der Waals surface area contributed by atoms with Crippen LogP contribution in [0.3, 0.4) is 0 Å². The number of hydrogen-bond acceptors (Lipinski definition) is 5. The van der Waals surface area contributed by atoms with Crippen molar-refractivity contribution in [2.24, 2.45) is 0 Å². The van der Waals surface area contributed by atoms with Crippen LogP contribution in [0.4, 0.5) is 5.69 Å². The van der Waals surface area contributed by atoms with Crippen molar-refractivity contribution in [2.45, 2.75) is 10.4 Å². The molecule has 4 aromatic carbocycles. The number of rotatable bonds is 7. The molecule has 38 heavy (non-hydrogen) atoms. The third-order valence-electron chi connectivity index (χ3n) is 5.82. The predicted molar refractivity (Wildman–Crippen MR) is 154 cm³/mol. The Bertz CT molecular complexity index is 1690. The van der Waals surface area contributed by atoms with Crippen molar-refractivity contribution in [1.29, 1.82) is 0 Å². The van der Waals surface area contributed by atoms with Crippen LogP contribution in [0.15, 0.2) is 107 Å². The molecule has 1 N–H and O–H groups in total. The summed E-state index contributed by atoms with van der Waals surface area (Å²) in [6, 6.07) is 28.5. The van der Waals surface area contributed by atoms with Gasteiger partial charge in [-0.3, -0.25) is 14.2 Å². The van der Waals surface area contributed by atoms with Crippen LogP contribution in [-0.4, -0.2) is 22.6 Å². The van der Waals surface area contributed by atoms with E-state index in [4.69, 9.17) is 32.9 Å². The summed E-state index contributed by atoms with van der Waals surface area (Å²) in [6.07, 6.45) is 0. The number of ether oxygens (including phenoxy) is 1. The minimum Gasteiger partial charge on any atom is -0.495 e. The molecule has 0 saturated carbocycles. The molecule has 9 heteroatoms. The Morgan fingerprint density at radius 3 is 2.37 bits per heavy atom. The summed E-state index contributed by atoms with van der Waals surface area (Å²) < 4.78 is 6.67. The predicted octanol–water partition coefficient (Wildman–Crippen LogP) is 7.17. The number of benzene rings is 4. The fourth-order valence-corrected chi connectivity index (χ4v) is 5.58. The minimum absolute atomic E-state index is 0.277. The van der Waals surface area contributed by atoms with E-state index in [-0.39, 0.29) is 11.5 Å². The van der Waals surface area contributed by atoms with Crippen LogP contribution in [0.25, 0.3) is 16.6 Å². The van der Waals surface area contributed by atoms with E-state index in [1.165, 1.54) is 11.7 Å². The topological polar surface area (TPSA) is 73.2 Å². The Labute approximate surface area is 233 Å². The van der Waals surface area contributed by atoms with Gasteiger partial charge in [0.1, 0.15) is 11.0 Å². The van der Waals surface area contributed by atoms with Gasteiger partial charge in [0.25, 0.3) is 5.56 Å². The number of nitrogens with zero attached hydrogens (tertiary/aromatic N) is 2. The van der Waals surface area contributed by atoms with E-state index in [1.807, 2.05) is 36.4 Å². The summed E-state index contributed by atoms with van der Waals surface area (Å²) in [6.45, 7) is 0. The molecule has 0 aliphatic rings. The molecule has 0 spiro atoms. The first-order chi connectivity index (χ1) is 18.5. The standard InChI is InChI=1S/C29H21Cl2N3O3S/c1-37-25-16-15-19(17-22(25)31)32-27(35)26(18-9-3-2-4-10-18)38-29-33-23-13-7-5-11-20(23)28(36)34(29)24-14-8-6-12-21(24)30/h2-17,26H,1H3,(H,32,35)/t26-/m1/s1. The van der Waals surface area contributed by atoms with Crippen LogP contribution in [0.1, 0.15) is 10.8 Å². The minimum atomic E-state index is -0.751. The summed E-state index contributed by atoms with van der Waals surface area (Å²) >= 11 is 14.0. The van der Waals surface area contributed by atoms with Crippen molar-refractivity contribution in [2.75, 3.05) is 12.4 Å². The maximum absolute atomic E-state index is 13.7. The largest absolute Gasteiger partial charge is 0.495 e. The Kier molecular flexibility index (Phi) is 7.69. The van der Waals surface area contributed by atoms with Crippen molar-refractivity contribution >= 4 is 57.5 Å². The number of amides is 1. The Hall–Kier alpha value is -3.78. The van der Waals surface area contributed by atoms with Gasteiger partial charge >= 0.3 is 0 Å². The second kappa shape index (κ2) is 11.3. The van der Waals surface area contributed by atoms with Crippen LogP contribution in [0.5, 0.6) is 5.75 Å². The zero-order chi connectivity index (χ0) is 26.6. The first-order valence-corrected chi connectivity index (χ1v) is 13.2. The fraction of sp³-hybridized carbons (Fsp3) is 0.0690. The van der Waals surface area contributed by atoms with Crippen LogP contribution in [0, 0.1) is 0 Å². The first kappa shape index (κ1) is 25.9. The number of halogens is 2. The lowest BCUT2D eigenvalue weighted by atomic mass is 10.1. The first-order valence-electron chi connectivity index (χ1n) is 11.6. The highest BCUT2D eigenvalue weighted by molar-refractivity contribution is 8.00. The van der Waals surface area contributed by atoms with Gasteiger partial charge in [0.2, 0.25) is 5.91 Å². The number of fused-ring (bicyclic) bond motifs is 1. The van der Waals surface area contributed by atoms with E-state index in [1.54, 1.807) is 60.7 Å². The van der Waals surface area contributed by atoms with E-state index in [0.29, 0.717) is 43.2 Å². The molecule has 0 aliphatic heterocycles. The summed E-state index contributed by atoms with van der Waals surface area (Å²) in [4.78, 5) is 32.2. The highest BCUT2D eigenvalue weighted by atomic mass is 35.5. The number of anilines is 1. The molecule has 1 aromatic heterocycles. The van der Waals surface area contributed by atoms with Crippen molar-refractivity contribution in [3.8, 4) is 11.4 Å². The van der Waals surface area contributed by atoms with E-state index in [2.05, 4.69) is 5.32 Å². The lowest BCUT2D eigenvalue weighted by molar-refractivity contribution is -0.115. The summed E-state index contributed by atoms with van der Waals surface area (Å²) in [5, 5.41) is 3.73. The van der Waals surface area contributed by atoms with Crippen molar-refractivity contribution in [3.63, 3.8) is 0 Å². The van der Waals surface area contributed by atoms with Crippen LogP contribution < -0.4 is 15.6 Å². The summed E-state index contributed by atoms with van der Waals surface area (Å²) in [7, 11) is 1.52. The number of carbonyl (C=O) groups is 1. The van der Waals surface area contributed by atoms with Gasteiger partial charge in [-0.1, -0.05) is 89.6 Å². The number of thioether (sulfide) groups is 1. The van der Waals surface area contributed by atoms with Crippen molar-refractivity contribution in [3.05, 3.63) is 123 Å². The third-order valence-corrected chi connectivity index (χ3v) is 7.64. The maximum atomic E-state index is 13.7. The molecule has 0 unspecified atom stereocenters. The van der Waals surface area contributed by atoms with Gasteiger partial charge in [-0.25, -0.2) is 4.98 Å². The molecule has 0 saturated heterocycles. The van der Waals surface area contributed by atoms with Crippen LogP contribution >= 0.6 is 35.0 Å².